The maximum Gasteiger partial charge on any atom is 0.223 e. The first kappa shape index (κ1) is 13.8. The fourth-order valence-corrected chi connectivity index (χ4v) is 2.23. The van der Waals surface area contributed by atoms with Crippen LogP contribution in [0.2, 0.25) is 5.02 Å². The van der Waals surface area contributed by atoms with Crippen LogP contribution in [0.4, 0.5) is 5.69 Å². The molecule has 5 nitrogen and oxygen atoms in total. The van der Waals surface area contributed by atoms with Crippen molar-refractivity contribution in [2.45, 2.75) is 13.3 Å². The van der Waals surface area contributed by atoms with E-state index in [9.17, 15) is 0 Å². The lowest BCUT2D eigenvalue weighted by molar-refractivity contribution is 0.387. The minimum absolute atomic E-state index is 0.267. The van der Waals surface area contributed by atoms with E-state index in [2.05, 4.69) is 15.5 Å². The molecule has 2 rings (SSSR count). The van der Waals surface area contributed by atoms with E-state index in [-0.39, 0.29) is 4.99 Å². The third-order valence-corrected chi connectivity index (χ3v) is 3.01. The van der Waals surface area contributed by atoms with Crippen LogP contribution >= 0.6 is 23.8 Å². The van der Waals surface area contributed by atoms with Crippen molar-refractivity contribution >= 4 is 34.5 Å². The van der Waals surface area contributed by atoms with Gasteiger partial charge in [-0.05, 0) is 12.1 Å². The lowest BCUT2D eigenvalue weighted by Crippen LogP contribution is -2.15. The molecule has 0 spiro atoms. The minimum Gasteiger partial charge on any atom is -0.389 e. The summed E-state index contributed by atoms with van der Waals surface area (Å²) in [6, 6.07) is 5.47. The lowest BCUT2D eigenvalue weighted by atomic mass is 10.1. The van der Waals surface area contributed by atoms with Gasteiger partial charge in [0, 0.05) is 25.6 Å². The number of hydrogen-bond acceptors (Lipinski definition) is 5. The normalized spacial score (nSPS) is 10.4. The van der Waals surface area contributed by atoms with Gasteiger partial charge in [-0.3, -0.25) is 0 Å². The molecule has 7 heteroatoms. The molecule has 0 atom stereocenters. The number of nitrogens with one attached hydrogen (secondary N) is 1. The first-order chi connectivity index (χ1) is 9.08. The van der Waals surface area contributed by atoms with Gasteiger partial charge in [0.15, 0.2) is 5.82 Å². The molecule has 2 aromatic rings. The van der Waals surface area contributed by atoms with Crippen molar-refractivity contribution in [2.24, 2.45) is 5.73 Å². The van der Waals surface area contributed by atoms with Crippen molar-refractivity contribution in [1.29, 1.82) is 0 Å². The second-order valence-corrected chi connectivity index (χ2v) is 4.78. The third-order valence-electron chi connectivity index (χ3n) is 2.49. The Hall–Kier alpha value is -1.66. The van der Waals surface area contributed by atoms with Crippen LogP contribution in [0.25, 0.3) is 0 Å². The van der Waals surface area contributed by atoms with Gasteiger partial charge in [0.1, 0.15) is 4.99 Å². The highest BCUT2D eigenvalue weighted by Crippen LogP contribution is 2.24. The molecule has 0 unspecified atom stereocenters. The van der Waals surface area contributed by atoms with Crippen molar-refractivity contribution in [3.63, 3.8) is 0 Å². The Morgan fingerprint density at radius 3 is 2.95 bits per heavy atom. The standard InChI is InChI=1S/C12H13ClN4OS/c1-7-16-10(17-18-7)5-6-15-9-4-2-3-8(13)11(9)12(14)19/h2-4,15H,5-6H2,1H3,(H2,14,19). The SMILES string of the molecule is Cc1nc(CCNc2cccc(Cl)c2C(N)=S)no1. The van der Waals surface area contributed by atoms with Gasteiger partial charge in [-0.15, -0.1) is 0 Å². The fourth-order valence-electron chi connectivity index (χ4n) is 1.67. The molecular weight excluding hydrogens is 284 g/mol. The summed E-state index contributed by atoms with van der Waals surface area (Å²) in [5.41, 5.74) is 7.13. The molecule has 0 radical (unpaired) electrons. The van der Waals surface area contributed by atoms with Crippen LogP contribution < -0.4 is 11.1 Å². The molecule has 0 saturated heterocycles. The fraction of sp³-hybridized carbons (Fsp3) is 0.250. The Morgan fingerprint density at radius 2 is 2.32 bits per heavy atom. The van der Waals surface area contributed by atoms with Crippen molar-refractivity contribution in [2.75, 3.05) is 11.9 Å². The van der Waals surface area contributed by atoms with Crippen molar-refractivity contribution < 1.29 is 4.52 Å². The van der Waals surface area contributed by atoms with Crippen LogP contribution in [-0.4, -0.2) is 21.7 Å². The third kappa shape index (κ3) is 3.42. The predicted octanol–water partition coefficient (Wildman–Crippen LogP) is 2.32. The molecule has 100 valence electrons. The number of nitrogens with zero attached hydrogens (tertiary/aromatic N) is 2. The zero-order valence-electron chi connectivity index (χ0n) is 10.3. The van der Waals surface area contributed by atoms with Gasteiger partial charge in [-0.2, -0.15) is 4.98 Å². The van der Waals surface area contributed by atoms with E-state index in [1.54, 1.807) is 13.0 Å². The highest BCUT2D eigenvalue weighted by molar-refractivity contribution is 7.80. The van der Waals surface area contributed by atoms with Gasteiger partial charge < -0.3 is 15.6 Å². The second-order valence-electron chi connectivity index (χ2n) is 3.93. The summed E-state index contributed by atoms with van der Waals surface area (Å²) in [5.74, 6) is 1.21. The molecule has 1 aromatic heterocycles. The van der Waals surface area contributed by atoms with E-state index < -0.39 is 0 Å². The van der Waals surface area contributed by atoms with Crippen LogP contribution in [0, 0.1) is 6.92 Å². The largest absolute Gasteiger partial charge is 0.389 e. The van der Waals surface area contributed by atoms with Crippen molar-refractivity contribution in [3.8, 4) is 0 Å². The highest BCUT2D eigenvalue weighted by atomic mass is 35.5. The summed E-state index contributed by atoms with van der Waals surface area (Å²) >= 11 is 11.1. The molecule has 0 bridgehead atoms. The molecular formula is C12H13ClN4OS. The van der Waals surface area contributed by atoms with Crippen molar-refractivity contribution in [3.05, 3.63) is 40.5 Å². The Kier molecular flexibility index (Phi) is 4.34. The van der Waals surface area contributed by atoms with E-state index in [1.807, 2.05) is 12.1 Å². The van der Waals surface area contributed by atoms with Gasteiger partial charge in [-0.25, -0.2) is 0 Å². The molecule has 0 fully saturated rings. The number of benzene rings is 1. The van der Waals surface area contributed by atoms with E-state index in [0.29, 0.717) is 35.3 Å². The first-order valence-corrected chi connectivity index (χ1v) is 6.48. The Balaban J connectivity index is 2.03. The van der Waals surface area contributed by atoms with Crippen LogP contribution in [0.15, 0.2) is 22.7 Å². The molecule has 0 saturated carbocycles. The molecule has 19 heavy (non-hydrogen) atoms. The zero-order valence-corrected chi connectivity index (χ0v) is 11.9. The van der Waals surface area contributed by atoms with E-state index >= 15 is 0 Å². The molecule has 1 heterocycles. The molecule has 3 N–H and O–H groups in total. The summed E-state index contributed by atoms with van der Waals surface area (Å²) < 4.78 is 4.90. The molecule has 0 amide bonds. The molecule has 1 aromatic carbocycles. The number of rotatable bonds is 5. The summed E-state index contributed by atoms with van der Waals surface area (Å²) in [6.07, 6.45) is 0.640. The number of hydrogen-bond donors (Lipinski definition) is 2. The molecule has 0 aliphatic rings. The van der Waals surface area contributed by atoms with Crippen LogP contribution in [0.5, 0.6) is 0 Å². The summed E-state index contributed by atoms with van der Waals surface area (Å²) in [7, 11) is 0. The summed E-state index contributed by atoms with van der Waals surface area (Å²) in [4.78, 5) is 4.39. The second kappa shape index (κ2) is 5.99. The van der Waals surface area contributed by atoms with Crippen LogP contribution in [0.3, 0.4) is 0 Å². The number of halogens is 1. The van der Waals surface area contributed by atoms with E-state index in [0.717, 1.165) is 5.69 Å². The monoisotopic (exact) mass is 296 g/mol. The van der Waals surface area contributed by atoms with Gasteiger partial charge in [0.25, 0.3) is 0 Å². The number of thiocarbonyl (C=S) groups is 1. The Bertz CT molecular complexity index is 599. The van der Waals surface area contributed by atoms with Crippen LogP contribution in [-0.2, 0) is 6.42 Å². The average Bonchev–Trinajstić information content (AvgIpc) is 2.74. The smallest absolute Gasteiger partial charge is 0.223 e. The maximum absolute atomic E-state index is 6.08. The van der Waals surface area contributed by atoms with E-state index in [1.165, 1.54) is 0 Å². The van der Waals surface area contributed by atoms with Gasteiger partial charge >= 0.3 is 0 Å². The number of anilines is 1. The number of nitrogens with two attached hydrogens (primary N) is 1. The van der Waals surface area contributed by atoms with Crippen LogP contribution in [0.1, 0.15) is 17.3 Å². The average molecular weight is 297 g/mol. The van der Waals surface area contributed by atoms with Gasteiger partial charge in [0.2, 0.25) is 5.89 Å². The topological polar surface area (TPSA) is 77.0 Å². The van der Waals surface area contributed by atoms with E-state index in [4.69, 9.17) is 34.1 Å². The zero-order chi connectivity index (χ0) is 13.8. The molecule has 0 aliphatic carbocycles. The lowest BCUT2D eigenvalue weighted by Gasteiger charge is -2.11. The Labute approximate surface area is 121 Å². The molecule has 0 aliphatic heterocycles. The number of aromatic nitrogens is 2. The van der Waals surface area contributed by atoms with Gasteiger partial charge in [0.05, 0.1) is 10.6 Å². The number of aryl methyl sites for hydroxylation is 1. The quantitative estimate of drug-likeness (QED) is 0.825. The minimum atomic E-state index is 0.267. The maximum atomic E-state index is 6.08. The highest BCUT2D eigenvalue weighted by Gasteiger charge is 2.09. The predicted molar refractivity (Wildman–Crippen MR) is 78.6 cm³/mol. The summed E-state index contributed by atoms with van der Waals surface area (Å²) in [6.45, 7) is 2.39. The van der Waals surface area contributed by atoms with Crippen molar-refractivity contribution in [1.82, 2.24) is 10.1 Å². The summed E-state index contributed by atoms with van der Waals surface area (Å²) in [5, 5.41) is 7.57. The Morgan fingerprint density at radius 1 is 1.53 bits per heavy atom. The van der Waals surface area contributed by atoms with Gasteiger partial charge in [-0.1, -0.05) is 35.0 Å². The first-order valence-electron chi connectivity index (χ1n) is 5.69.